The topological polar surface area (TPSA) is 30.7 Å². The van der Waals surface area contributed by atoms with Gasteiger partial charge in [0.1, 0.15) is 11.3 Å². The molecule has 1 aromatic carbocycles. The quantitative estimate of drug-likeness (QED) is 0.662. The van der Waals surface area contributed by atoms with Crippen LogP contribution in [0.25, 0.3) is 16.9 Å². The van der Waals surface area contributed by atoms with E-state index in [0.717, 1.165) is 28.4 Å². The van der Waals surface area contributed by atoms with Crippen molar-refractivity contribution in [2.45, 2.75) is 32.6 Å². The second-order valence-electron chi connectivity index (χ2n) is 5.54. The van der Waals surface area contributed by atoms with Crippen molar-refractivity contribution in [2.24, 2.45) is 0 Å². The highest BCUT2D eigenvalue weighted by Gasteiger charge is 2.13. The van der Waals surface area contributed by atoms with Gasteiger partial charge in [-0.05, 0) is 42.7 Å². The zero-order valence-corrected chi connectivity index (χ0v) is 13.2. The number of fused-ring (bicyclic) bond motifs is 1. The van der Waals surface area contributed by atoms with Crippen molar-refractivity contribution in [1.82, 2.24) is 14.5 Å². The van der Waals surface area contributed by atoms with E-state index in [2.05, 4.69) is 48.1 Å². The molecular formula is C17H18ClN3. The van der Waals surface area contributed by atoms with E-state index in [1.807, 2.05) is 23.6 Å². The summed E-state index contributed by atoms with van der Waals surface area (Å²) >= 11 is 6.06. The first-order valence-corrected chi connectivity index (χ1v) is 7.65. The number of rotatable bonds is 3. The second-order valence-corrected chi connectivity index (χ2v) is 5.81. The summed E-state index contributed by atoms with van der Waals surface area (Å²) in [5.74, 6) is 1.70. The number of halogens is 1. The minimum atomic E-state index is 0.362. The molecule has 0 fully saturated rings. The molecule has 0 aliphatic carbocycles. The molecule has 2 heterocycles. The summed E-state index contributed by atoms with van der Waals surface area (Å²) < 4.78 is 2.04. The van der Waals surface area contributed by atoms with E-state index in [4.69, 9.17) is 11.6 Å². The van der Waals surface area contributed by atoms with E-state index in [1.165, 1.54) is 5.56 Å². The zero-order valence-electron chi connectivity index (χ0n) is 12.5. The first-order valence-electron chi connectivity index (χ1n) is 7.11. The first-order chi connectivity index (χ1) is 10.1. The van der Waals surface area contributed by atoms with Crippen molar-refractivity contribution < 1.29 is 0 Å². The Morgan fingerprint density at radius 2 is 1.76 bits per heavy atom. The zero-order chi connectivity index (χ0) is 15.0. The monoisotopic (exact) mass is 299 g/mol. The predicted molar refractivity (Wildman–Crippen MR) is 87.2 cm³/mol. The number of nitrogens with zero attached hydrogens (tertiary/aromatic N) is 3. The fourth-order valence-corrected chi connectivity index (χ4v) is 2.65. The van der Waals surface area contributed by atoms with Crippen molar-refractivity contribution in [1.29, 1.82) is 0 Å². The highest BCUT2D eigenvalue weighted by atomic mass is 35.5. The Balaban J connectivity index is 2.20. The lowest BCUT2D eigenvalue weighted by Gasteiger charge is -2.10. The molecular weight excluding hydrogens is 282 g/mol. The van der Waals surface area contributed by atoms with Gasteiger partial charge in [0.15, 0.2) is 5.65 Å². The standard InChI is InChI=1S/C17H18ClN3/c1-11(2)13-5-7-14(8-6-13)21-16(10-18)20-15-9-4-12(3)19-17(15)21/h4-9,11H,10H2,1-3H3. The number of aromatic nitrogens is 3. The fourth-order valence-electron chi connectivity index (χ4n) is 2.47. The van der Waals surface area contributed by atoms with Crippen LogP contribution in [0, 0.1) is 6.92 Å². The second kappa shape index (κ2) is 5.49. The Labute approximate surface area is 129 Å². The Kier molecular flexibility index (Phi) is 3.68. The molecule has 0 unspecified atom stereocenters. The third kappa shape index (κ3) is 2.54. The molecule has 0 aliphatic rings. The van der Waals surface area contributed by atoms with Crippen molar-refractivity contribution in [3.8, 4) is 5.69 Å². The fraction of sp³-hybridized carbons (Fsp3) is 0.294. The molecule has 0 N–H and O–H groups in total. The van der Waals surface area contributed by atoms with Crippen LogP contribution in [0.4, 0.5) is 0 Å². The first kappa shape index (κ1) is 14.1. The van der Waals surface area contributed by atoms with Gasteiger partial charge in [-0.3, -0.25) is 4.57 Å². The molecule has 108 valence electrons. The molecule has 0 amide bonds. The minimum Gasteiger partial charge on any atom is -0.280 e. The number of pyridine rings is 1. The lowest BCUT2D eigenvalue weighted by Crippen LogP contribution is -2.01. The van der Waals surface area contributed by atoms with Crippen LogP contribution < -0.4 is 0 Å². The van der Waals surface area contributed by atoms with Gasteiger partial charge >= 0.3 is 0 Å². The summed E-state index contributed by atoms with van der Waals surface area (Å²) in [6, 6.07) is 12.5. The number of aryl methyl sites for hydroxylation is 1. The van der Waals surface area contributed by atoms with Crippen LogP contribution in [-0.4, -0.2) is 14.5 Å². The maximum Gasteiger partial charge on any atom is 0.164 e. The number of benzene rings is 1. The minimum absolute atomic E-state index is 0.362. The largest absolute Gasteiger partial charge is 0.280 e. The molecule has 21 heavy (non-hydrogen) atoms. The average molecular weight is 300 g/mol. The summed E-state index contributed by atoms with van der Waals surface area (Å²) in [4.78, 5) is 9.19. The Morgan fingerprint density at radius 3 is 2.38 bits per heavy atom. The number of hydrogen-bond donors (Lipinski definition) is 0. The maximum absolute atomic E-state index is 6.06. The van der Waals surface area contributed by atoms with Gasteiger partial charge < -0.3 is 0 Å². The van der Waals surface area contributed by atoms with Gasteiger partial charge in [-0.25, -0.2) is 9.97 Å². The highest BCUT2D eigenvalue weighted by Crippen LogP contribution is 2.23. The number of hydrogen-bond acceptors (Lipinski definition) is 2. The van der Waals surface area contributed by atoms with Crippen LogP contribution in [-0.2, 0) is 5.88 Å². The molecule has 0 radical (unpaired) electrons. The SMILES string of the molecule is Cc1ccc2nc(CCl)n(-c3ccc(C(C)C)cc3)c2n1. The molecule has 3 aromatic rings. The Bertz CT molecular complexity index is 773. The van der Waals surface area contributed by atoms with Crippen LogP contribution in [0.2, 0.25) is 0 Å². The van der Waals surface area contributed by atoms with Crippen LogP contribution in [0.5, 0.6) is 0 Å². The van der Waals surface area contributed by atoms with E-state index in [-0.39, 0.29) is 0 Å². The molecule has 0 aliphatic heterocycles. The van der Waals surface area contributed by atoms with E-state index < -0.39 is 0 Å². The third-order valence-corrected chi connectivity index (χ3v) is 3.89. The van der Waals surface area contributed by atoms with Crippen LogP contribution in [0.1, 0.15) is 36.8 Å². The van der Waals surface area contributed by atoms with Crippen LogP contribution in [0.3, 0.4) is 0 Å². The molecule has 0 atom stereocenters. The highest BCUT2D eigenvalue weighted by molar-refractivity contribution is 6.16. The van der Waals surface area contributed by atoms with Gasteiger partial charge in [-0.15, -0.1) is 11.6 Å². The van der Waals surface area contributed by atoms with Crippen molar-refractivity contribution in [2.75, 3.05) is 0 Å². The predicted octanol–water partition coefficient (Wildman–Crippen LogP) is 4.59. The summed E-state index contributed by atoms with van der Waals surface area (Å²) in [7, 11) is 0. The summed E-state index contributed by atoms with van der Waals surface area (Å²) in [5.41, 5.74) is 5.09. The Morgan fingerprint density at radius 1 is 1.05 bits per heavy atom. The normalized spacial score (nSPS) is 11.5. The van der Waals surface area contributed by atoms with Crippen LogP contribution in [0.15, 0.2) is 36.4 Å². The summed E-state index contributed by atoms with van der Waals surface area (Å²) in [6.45, 7) is 6.37. The molecule has 0 saturated heterocycles. The van der Waals surface area contributed by atoms with E-state index >= 15 is 0 Å². The van der Waals surface area contributed by atoms with E-state index in [9.17, 15) is 0 Å². The van der Waals surface area contributed by atoms with Crippen LogP contribution >= 0.6 is 11.6 Å². The van der Waals surface area contributed by atoms with Gasteiger partial charge in [0.25, 0.3) is 0 Å². The molecule has 4 heteroatoms. The molecule has 3 rings (SSSR count). The number of imidazole rings is 1. The van der Waals surface area contributed by atoms with Crippen molar-refractivity contribution >= 4 is 22.8 Å². The molecule has 2 aromatic heterocycles. The van der Waals surface area contributed by atoms with Gasteiger partial charge in [0.2, 0.25) is 0 Å². The van der Waals surface area contributed by atoms with Gasteiger partial charge in [0.05, 0.1) is 5.88 Å². The van der Waals surface area contributed by atoms with Gasteiger partial charge in [-0.2, -0.15) is 0 Å². The van der Waals surface area contributed by atoms with E-state index in [0.29, 0.717) is 11.8 Å². The van der Waals surface area contributed by atoms with Gasteiger partial charge in [0, 0.05) is 11.4 Å². The Hall–Kier alpha value is -1.87. The summed E-state index contributed by atoms with van der Waals surface area (Å²) in [5, 5.41) is 0. The average Bonchev–Trinajstić information content (AvgIpc) is 2.85. The third-order valence-electron chi connectivity index (χ3n) is 3.65. The smallest absolute Gasteiger partial charge is 0.164 e. The molecule has 0 saturated carbocycles. The van der Waals surface area contributed by atoms with Crippen molar-refractivity contribution in [3.63, 3.8) is 0 Å². The van der Waals surface area contributed by atoms with Crippen molar-refractivity contribution in [3.05, 3.63) is 53.5 Å². The maximum atomic E-state index is 6.06. The van der Waals surface area contributed by atoms with Gasteiger partial charge in [-0.1, -0.05) is 26.0 Å². The van der Waals surface area contributed by atoms with E-state index in [1.54, 1.807) is 0 Å². The number of alkyl halides is 1. The molecule has 0 spiro atoms. The molecule has 3 nitrogen and oxygen atoms in total. The molecule has 0 bridgehead atoms. The lowest BCUT2D eigenvalue weighted by atomic mass is 10.0. The summed E-state index contributed by atoms with van der Waals surface area (Å²) in [6.07, 6.45) is 0. The lowest BCUT2D eigenvalue weighted by molar-refractivity contribution is 0.864.